The minimum Gasteiger partial charge on any atom is -0.379 e. The summed E-state index contributed by atoms with van der Waals surface area (Å²) in [6.07, 6.45) is 0. The lowest BCUT2D eigenvalue weighted by Gasteiger charge is -2.45. The van der Waals surface area contributed by atoms with Gasteiger partial charge >= 0.3 is 0 Å². The maximum Gasteiger partial charge on any atom is 0.0594 e. The maximum absolute atomic E-state index is 6.03. The third-order valence-electron chi connectivity index (χ3n) is 4.75. The van der Waals surface area contributed by atoms with Crippen molar-refractivity contribution >= 4 is 0 Å². The summed E-state index contributed by atoms with van der Waals surface area (Å²) in [6, 6.07) is 7.50. The molecule has 3 rings (SSSR count). The summed E-state index contributed by atoms with van der Waals surface area (Å²) in [5, 5.41) is 0. The number of nitrogens with zero attached hydrogens (tertiary/aromatic N) is 2. The molecule has 0 aliphatic carbocycles. The highest BCUT2D eigenvalue weighted by molar-refractivity contribution is 5.41. The first-order valence-corrected chi connectivity index (χ1v) is 7.54. The van der Waals surface area contributed by atoms with Gasteiger partial charge in [-0.05, 0) is 30.7 Å². The van der Waals surface area contributed by atoms with Crippen LogP contribution in [-0.4, -0.2) is 56.2 Å². The normalized spacial score (nSPS) is 28.4. The van der Waals surface area contributed by atoms with E-state index in [9.17, 15) is 0 Å². The Bertz CT molecular complexity index is 471. The van der Waals surface area contributed by atoms with E-state index in [1.807, 2.05) is 0 Å². The molecule has 2 atom stereocenters. The molecule has 4 nitrogen and oxygen atoms in total. The molecule has 1 aromatic carbocycles. The van der Waals surface area contributed by atoms with Gasteiger partial charge in [-0.1, -0.05) is 18.2 Å². The molecule has 0 bridgehead atoms. The SMILES string of the molecule is Cc1cccc2c1C(CN)N(C)CC2N1CCOCC1. The summed E-state index contributed by atoms with van der Waals surface area (Å²) in [6.45, 7) is 7.70. The van der Waals surface area contributed by atoms with Crippen LogP contribution in [0.25, 0.3) is 0 Å². The Morgan fingerprint density at radius 3 is 2.75 bits per heavy atom. The van der Waals surface area contributed by atoms with Gasteiger partial charge in [-0.2, -0.15) is 0 Å². The highest BCUT2D eigenvalue weighted by Crippen LogP contribution is 2.38. The van der Waals surface area contributed by atoms with E-state index < -0.39 is 0 Å². The molecule has 2 heterocycles. The van der Waals surface area contributed by atoms with Gasteiger partial charge in [-0.3, -0.25) is 9.80 Å². The predicted molar refractivity (Wildman–Crippen MR) is 80.7 cm³/mol. The van der Waals surface area contributed by atoms with Crippen molar-refractivity contribution in [1.82, 2.24) is 9.80 Å². The average molecular weight is 275 g/mol. The Morgan fingerprint density at radius 2 is 2.05 bits per heavy atom. The van der Waals surface area contributed by atoms with E-state index in [0.29, 0.717) is 18.6 Å². The van der Waals surface area contributed by atoms with Crippen molar-refractivity contribution in [1.29, 1.82) is 0 Å². The number of nitrogens with two attached hydrogens (primary N) is 1. The van der Waals surface area contributed by atoms with Crippen LogP contribution in [0.2, 0.25) is 0 Å². The van der Waals surface area contributed by atoms with E-state index in [4.69, 9.17) is 10.5 Å². The van der Waals surface area contributed by atoms with Crippen LogP contribution in [0.5, 0.6) is 0 Å². The number of hydrogen-bond acceptors (Lipinski definition) is 4. The minimum atomic E-state index is 0.350. The van der Waals surface area contributed by atoms with Crippen LogP contribution in [0.15, 0.2) is 18.2 Å². The zero-order valence-corrected chi connectivity index (χ0v) is 12.5. The van der Waals surface area contributed by atoms with Gasteiger partial charge < -0.3 is 10.5 Å². The maximum atomic E-state index is 6.03. The highest BCUT2D eigenvalue weighted by atomic mass is 16.5. The van der Waals surface area contributed by atoms with Crippen LogP contribution < -0.4 is 5.73 Å². The monoisotopic (exact) mass is 275 g/mol. The molecule has 0 amide bonds. The van der Waals surface area contributed by atoms with Gasteiger partial charge in [0, 0.05) is 38.3 Å². The van der Waals surface area contributed by atoms with Gasteiger partial charge in [0.1, 0.15) is 0 Å². The second-order valence-corrected chi connectivity index (χ2v) is 5.93. The van der Waals surface area contributed by atoms with Crippen molar-refractivity contribution in [3.05, 3.63) is 34.9 Å². The van der Waals surface area contributed by atoms with Gasteiger partial charge in [-0.25, -0.2) is 0 Å². The first-order chi connectivity index (χ1) is 9.72. The van der Waals surface area contributed by atoms with Crippen LogP contribution in [0, 0.1) is 6.92 Å². The summed E-state index contributed by atoms with van der Waals surface area (Å²) in [5.41, 5.74) is 10.3. The predicted octanol–water partition coefficient (Wildman–Crippen LogP) is 1.31. The number of likely N-dealkylation sites (N-methyl/N-ethyl adjacent to an activating group) is 1. The Kier molecular flexibility index (Phi) is 4.08. The number of fused-ring (bicyclic) bond motifs is 1. The fraction of sp³-hybridized carbons (Fsp3) is 0.625. The summed E-state index contributed by atoms with van der Waals surface area (Å²) in [4.78, 5) is 4.97. The molecule has 2 N–H and O–H groups in total. The lowest BCUT2D eigenvalue weighted by atomic mass is 9.86. The van der Waals surface area contributed by atoms with E-state index in [1.165, 1.54) is 16.7 Å². The Hall–Kier alpha value is -0.940. The fourth-order valence-electron chi connectivity index (χ4n) is 3.67. The van der Waals surface area contributed by atoms with Crippen molar-refractivity contribution in [3.8, 4) is 0 Å². The molecule has 1 aromatic rings. The first kappa shape index (κ1) is 14.0. The second-order valence-electron chi connectivity index (χ2n) is 5.93. The van der Waals surface area contributed by atoms with Crippen molar-refractivity contribution in [2.75, 3.05) is 46.4 Å². The van der Waals surface area contributed by atoms with E-state index >= 15 is 0 Å². The Morgan fingerprint density at radius 1 is 1.30 bits per heavy atom. The first-order valence-electron chi connectivity index (χ1n) is 7.54. The van der Waals surface area contributed by atoms with Crippen molar-refractivity contribution < 1.29 is 4.74 Å². The molecule has 20 heavy (non-hydrogen) atoms. The molecule has 0 aromatic heterocycles. The lowest BCUT2D eigenvalue weighted by molar-refractivity contribution is 0.00176. The number of ether oxygens (including phenoxy) is 1. The highest BCUT2D eigenvalue weighted by Gasteiger charge is 2.34. The number of aryl methyl sites for hydroxylation is 1. The molecule has 2 aliphatic rings. The van der Waals surface area contributed by atoms with E-state index in [-0.39, 0.29) is 0 Å². The van der Waals surface area contributed by atoms with Gasteiger partial charge in [0.05, 0.1) is 13.2 Å². The quantitative estimate of drug-likeness (QED) is 0.884. The second kappa shape index (κ2) is 5.82. The molecule has 1 saturated heterocycles. The Labute approximate surface area is 121 Å². The number of hydrogen-bond donors (Lipinski definition) is 1. The van der Waals surface area contributed by atoms with Gasteiger partial charge in [-0.15, -0.1) is 0 Å². The molecular weight excluding hydrogens is 250 g/mol. The van der Waals surface area contributed by atoms with Gasteiger partial charge in [0.25, 0.3) is 0 Å². The average Bonchev–Trinajstić information content (AvgIpc) is 2.48. The molecule has 2 unspecified atom stereocenters. The van der Waals surface area contributed by atoms with Crippen LogP contribution in [0.3, 0.4) is 0 Å². The Balaban J connectivity index is 1.99. The zero-order chi connectivity index (χ0) is 14.1. The van der Waals surface area contributed by atoms with Crippen molar-refractivity contribution in [2.45, 2.75) is 19.0 Å². The van der Waals surface area contributed by atoms with Crippen LogP contribution in [0.4, 0.5) is 0 Å². The molecule has 110 valence electrons. The summed E-state index contributed by atoms with van der Waals surface area (Å²) < 4.78 is 5.50. The topological polar surface area (TPSA) is 41.7 Å². The molecule has 1 fully saturated rings. The molecule has 0 spiro atoms. The van der Waals surface area contributed by atoms with Crippen LogP contribution >= 0.6 is 0 Å². The third-order valence-corrected chi connectivity index (χ3v) is 4.75. The summed E-state index contributed by atoms with van der Waals surface area (Å²) in [5.74, 6) is 0. The smallest absolute Gasteiger partial charge is 0.0594 e. The lowest BCUT2D eigenvalue weighted by Crippen LogP contribution is -2.48. The third kappa shape index (κ3) is 2.37. The zero-order valence-electron chi connectivity index (χ0n) is 12.5. The van der Waals surface area contributed by atoms with Gasteiger partial charge in [0.15, 0.2) is 0 Å². The number of rotatable bonds is 2. The fourth-order valence-corrected chi connectivity index (χ4v) is 3.67. The summed E-state index contributed by atoms with van der Waals surface area (Å²) in [7, 11) is 2.19. The molecule has 0 radical (unpaired) electrons. The summed E-state index contributed by atoms with van der Waals surface area (Å²) >= 11 is 0. The van der Waals surface area contributed by atoms with Crippen molar-refractivity contribution in [3.63, 3.8) is 0 Å². The van der Waals surface area contributed by atoms with E-state index in [2.05, 4.69) is 42.0 Å². The molecule has 4 heteroatoms. The molecule has 2 aliphatic heterocycles. The number of morpholine rings is 1. The molecular formula is C16H25N3O. The number of benzene rings is 1. The standard InChI is InChI=1S/C16H25N3O/c1-12-4-3-5-13-15(19-6-8-20-9-7-19)11-18(2)14(10-17)16(12)13/h3-5,14-15H,6-11,17H2,1-2H3. The molecule has 0 saturated carbocycles. The van der Waals surface area contributed by atoms with E-state index in [0.717, 1.165) is 32.8 Å². The largest absolute Gasteiger partial charge is 0.379 e. The minimum absolute atomic E-state index is 0.350. The van der Waals surface area contributed by atoms with Crippen molar-refractivity contribution in [2.24, 2.45) is 5.73 Å². The van der Waals surface area contributed by atoms with Crippen LogP contribution in [0.1, 0.15) is 28.8 Å². The van der Waals surface area contributed by atoms with Gasteiger partial charge in [0.2, 0.25) is 0 Å². The van der Waals surface area contributed by atoms with Crippen LogP contribution in [-0.2, 0) is 4.74 Å². The van der Waals surface area contributed by atoms with E-state index in [1.54, 1.807) is 0 Å².